The molecule has 2 atom stereocenters. The van der Waals surface area contributed by atoms with E-state index in [1.807, 2.05) is 60.7 Å². The first kappa shape index (κ1) is 24.8. The lowest BCUT2D eigenvalue weighted by atomic mass is 9.80. The third-order valence-corrected chi connectivity index (χ3v) is 6.25. The molecule has 3 aromatic carbocycles. The van der Waals surface area contributed by atoms with Gasteiger partial charge in [-0.05, 0) is 48.4 Å². The molecule has 0 aliphatic carbocycles. The van der Waals surface area contributed by atoms with Gasteiger partial charge in [0.05, 0.1) is 12.8 Å². The molecule has 6 heteroatoms. The topological polar surface area (TPSA) is 70.6 Å². The number of para-hydroxylation sites is 2. The molecule has 0 saturated heterocycles. The lowest BCUT2D eigenvalue weighted by Gasteiger charge is -2.42. The van der Waals surface area contributed by atoms with Gasteiger partial charge in [0.15, 0.2) is 0 Å². The summed E-state index contributed by atoms with van der Waals surface area (Å²) in [5.41, 5.74) is 1.10. The zero-order valence-electron chi connectivity index (χ0n) is 19.1. The molecular weight excluding hydrogens is 480 g/mol. The van der Waals surface area contributed by atoms with Crippen LogP contribution in [0.25, 0.3) is 0 Å². The van der Waals surface area contributed by atoms with Gasteiger partial charge >= 0.3 is 5.97 Å². The predicted octanol–water partition coefficient (Wildman–Crippen LogP) is 6.16. The maximum absolute atomic E-state index is 13.4. The number of methoxy groups -OCH3 is 1. The number of unbranched alkanes of at least 4 members (excludes halogenated alkanes) is 2. The summed E-state index contributed by atoms with van der Waals surface area (Å²) < 4.78 is 6.26. The van der Waals surface area contributed by atoms with Gasteiger partial charge in [0.25, 0.3) is 0 Å². The van der Waals surface area contributed by atoms with Crippen molar-refractivity contribution >= 4 is 27.6 Å². The number of carbonyl (C=O) groups is 1. The molecule has 3 aromatic rings. The van der Waals surface area contributed by atoms with Crippen molar-refractivity contribution in [3.8, 4) is 5.75 Å². The van der Waals surface area contributed by atoms with Gasteiger partial charge in [-0.1, -0.05) is 90.3 Å². The van der Waals surface area contributed by atoms with E-state index >= 15 is 0 Å². The van der Waals surface area contributed by atoms with Crippen molar-refractivity contribution < 1.29 is 14.6 Å². The van der Waals surface area contributed by atoms with Crippen LogP contribution in [0.4, 0.5) is 5.69 Å². The van der Waals surface area contributed by atoms with E-state index in [2.05, 4.69) is 33.5 Å². The lowest BCUT2D eigenvalue weighted by molar-refractivity contribution is -0.144. The molecule has 5 nitrogen and oxygen atoms in total. The smallest absolute Gasteiger partial charge is 0.317 e. The molecule has 0 saturated carbocycles. The van der Waals surface area contributed by atoms with Crippen molar-refractivity contribution in [3.05, 3.63) is 94.5 Å². The number of rotatable bonds is 11. The Labute approximate surface area is 204 Å². The number of esters is 1. The number of halogens is 1. The SMILES string of the molecule is CCCCCNC(Nc1ccccc1O)(c1ccc(Br)cc1)C(C(=O)OC)c1ccccc1. The Kier molecular flexibility index (Phi) is 8.92. The zero-order chi connectivity index (χ0) is 23.7. The average Bonchev–Trinajstić information content (AvgIpc) is 2.84. The molecule has 0 bridgehead atoms. The molecule has 0 amide bonds. The highest BCUT2D eigenvalue weighted by molar-refractivity contribution is 9.10. The van der Waals surface area contributed by atoms with E-state index in [0.29, 0.717) is 12.2 Å². The highest BCUT2D eigenvalue weighted by atomic mass is 79.9. The number of phenols is 1. The van der Waals surface area contributed by atoms with Crippen molar-refractivity contribution in [3.63, 3.8) is 0 Å². The van der Waals surface area contributed by atoms with E-state index in [0.717, 1.165) is 34.9 Å². The Hall–Kier alpha value is -2.83. The molecule has 0 heterocycles. The van der Waals surface area contributed by atoms with Crippen LogP contribution in [0.3, 0.4) is 0 Å². The van der Waals surface area contributed by atoms with Crippen molar-refractivity contribution in [2.24, 2.45) is 0 Å². The number of phenolic OH excluding ortho intramolecular Hbond substituents is 1. The molecule has 0 aromatic heterocycles. The Balaban J connectivity index is 2.24. The second-order valence-corrected chi connectivity index (χ2v) is 8.87. The maximum atomic E-state index is 13.4. The summed E-state index contributed by atoms with van der Waals surface area (Å²) in [6.07, 6.45) is 3.09. The molecule has 0 spiro atoms. The molecule has 0 aliphatic heterocycles. The van der Waals surface area contributed by atoms with Crippen LogP contribution in [0.15, 0.2) is 83.3 Å². The maximum Gasteiger partial charge on any atom is 0.317 e. The van der Waals surface area contributed by atoms with Crippen molar-refractivity contribution in [1.82, 2.24) is 5.32 Å². The second-order valence-electron chi connectivity index (χ2n) is 7.96. The number of hydrogen-bond donors (Lipinski definition) is 3. The number of anilines is 1. The summed E-state index contributed by atoms with van der Waals surface area (Å²) in [7, 11) is 1.40. The Morgan fingerprint density at radius 3 is 2.30 bits per heavy atom. The molecule has 3 N–H and O–H groups in total. The number of hydrogen-bond acceptors (Lipinski definition) is 5. The number of ether oxygens (including phenoxy) is 1. The van der Waals surface area contributed by atoms with Gasteiger partial charge in [-0.2, -0.15) is 0 Å². The average molecular weight is 511 g/mol. The first-order valence-corrected chi connectivity index (χ1v) is 12.0. The highest BCUT2D eigenvalue weighted by Gasteiger charge is 2.46. The fraction of sp³-hybridized carbons (Fsp3) is 0.296. The molecule has 174 valence electrons. The minimum Gasteiger partial charge on any atom is -0.506 e. The minimum atomic E-state index is -1.08. The van der Waals surface area contributed by atoms with Crippen LogP contribution in [0.2, 0.25) is 0 Å². The summed E-state index contributed by atoms with van der Waals surface area (Å²) in [4.78, 5) is 13.4. The van der Waals surface area contributed by atoms with Crippen molar-refractivity contribution in [2.75, 3.05) is 19.0 Å². The molecule has 3 rings (SSSR count). The molecule has 33 heavy (non-hydrogen) atoms. The fourth-order valence-electron chi connectivity index (χ4n) is 4.05. The van der Waals surface area contributed by atoms with E-state index in [4.69, 9.17) is 4.74 Å². The summed E-state index contributed by atoms with van der Waals surface area (Å²) >= 11 is 3.52. The lowest BCUT2D eigenvalue weighted by Crippen LogP contribution is -2.56. The van der Waals surface area contributed by atoms with Gasteiger partial charge in [-0.25, -0.2) is 0 Å². The second kappa shape index (κ2) is 11.9. The minimum absolute atomic E-state index is 0.103. The Bertz CT molecular complexity index is 1030. The Morgan fingerprint density at radius 1 is 1.00 bits per heavy atom. The van der Waals surface area contributed by atoms with Crippen LogP contribution in [0, 0.1) is 0 Å². The summed E-state index contributed by atoms with van der Waals surface area (Å²) in [6, 6.07) is 24.5. The van der Waals surface area contributed by atoms with E-state index in [9.17, 15) is 9.90 Å². The van der Waals surface area contributed by atoms with E-state index < -0.39 is 11.6 Å². The van der Waals surface area contributed by atoms with Crippen LogP contribution in [0.5, 0.6) is 5.75 Å². The third-order valence-electron chi connectivity index (χ3n) is 5.72. The standard InChI is InChI=1S/C27H31BrN2O3/c1-3-4-10-19-29-27(21-15-17-22(28)18-16-21,30-23-13-8-9-14-24(23)31)25(26(32)33-2)20-11-6-5-7-12-20/h5-9,11-18,25,29-31H,3-4,10,19H2,1-2H3. The van der Waals surface area contributed by atoms with Gasteiger partial charge in [0.1, 0.15) is 17.3 Å². The Morgan fingerprint density at radius 2 is 1.67 bits per heavy atom. The number of aromatic hydroxyl groups is 1. The van der Waals surface area contributed by atoms with Gasteiger partial charge in [0, 0.05) is 4.47 Å². The summed E-state index contributed by atoms with van der Waals surface area (Å²) in [6.45, 7) is 2.83. The molecule has 0 fully saturated rings. The summed E-state index contributed by atoms with van der Waals surface area (Å²) in [5.74, 6) is -1.01. The van der Waals surface area contributed by atoms with Crippen LogP contribution < -0.4 is 10.6 Å². The van der Waals surface area contributed by atoms with E-state index in [1.54, 1.807) is 18.2 Å². The normalized spacial score (nSPS) is 13.7. The largest absolute Gasteiger partial charge is 0.506 e. The molecule has 2 unspecified atom stereocenters. The quantitative estimate of drug-likeness (QED) is 0.125. The fourth-order valence-corrected chi connectivity index (χ4v) is 4.31. The van der Waals surface area contributed by atoms with Gasteiger partial charge < -0.3 is 15.2 Å². The van der Waals surface area contributed by atoms with Gasteiger partial charge in [0.2, 0.25) is 0 Å². The highest BCUT2D eigenvalue weighted by Crippen LogP contribution is 2.41. The monoisotopic (exact) mass is 510 g/mol. The predicted molar refractivity (Wildman–Crippen MR) is 136 cm³/mol. The first-order valence-electron chi connectivity index (χ1n) is 11.2. The van der Waals surface area contributed by atoms with Gasteiger partial charge in [-0.15, -0.1) is 0 Å². The van der Waals surface area contributed by atoms with Gasteiger partial charge in [-0.3, -0.25) is 10.1 Å². The first-order chi connectivity index (χ1) is 16.0. The van der Waals surface area contributed by atoms with Crippen molar-refractivity contribution in [1.29, 1.82) is 0 Å². The van der Waals surface area contributed by atoms with Crippen LogP contribution >= 0.6 is 15.9 Å². The van der Waals surface area contributed by atoms with Crippen molar-refractivity contribution in [2.45, 2.75) is 37.8 Å². The molecule has 0 aliphatic rings. The van der Waals surface area contributed by atoms with Crippen LogP contribution in [-0.4, -0.2) is 24.7 Å². The summed E-state index contributed by atoms with van der Waals surface area (Å²) in [5, 5.41) is 17.8. The number of carbonyl (C=O) groups excluding carboxylic acids is 1. The van der Waals surface area contributed by atoms with E-state index in [1.165, 1.54) is 7.11 Å². The molecular formula is C27H31BrN2O3. The van der Waals surface area contributed by atoms with Crippen LogP contribution in [-0.2, 0) is 15.2 Å². The molecule has 0 radical (unpaired) electrons. The number of nitrogens with one attached hydrogen (secondary N) is 2. The third kappa shape index (κ3) is 5.95. The zero-order valence-corrected chi connectivity index (χ0v) is 20.6. The van der Waals surface area contributed by atoms with Crippen LogP contribution in [0.1, 0.15) is 43.2 Å². The number of benzene rings is 3. The van der Waals surface area contributed by atoms with E-state index in [-0.39, 0.29) is 11.7 Å².